The molecule has 0 N–H and O–H groups in total. The number of carbonyl (C=O) groups is 1. The first-order valence-corrected chi connectivity index (χ1v) is 12.2. The number of nitrogens with zero attached hydrogens (tertiary/aromatic N) is 3. The quantitative estimate of drug-likeness (QED) is 0.485. The molecule has 1 amide bonds. The molecule has 0 aliphatic heterocycles. The van der Waals surface area contributed by atoms with Crippen molar-refractivity contribution in [1.82, 2.24) is 9.80 Å². The van der Waals surface area contributed by atoms with Gasteiger partial charge in [-0.3, -0.25) is 4.79 Å². The Hall–Kier alpha value is -3.47. The fourth-order valence-corrected chi connectivity index (χ4v) is 4.74. The van der Waals surface area contributed by atoms with E-state index >= 15 is 0 Å². The van der Waals surface area contributed by atoms with Gasteiger partial charge in [-0.15, -0.1) is 0 Å². The van der Waals surface area contributed by atoms with Crippen molar-refractivity contribution in [3.8, 4) is 6.07 Å². The summed E-state index contributed by atoms with van der Waals surface area (Å²) in [5, 5.41) is 9.01. The maximum Gasteiger partial charge on any atom is 0.254 e. The minimum absolute atomic E-state index is 0.167. The number of nitriles is 1. The van der Waals surface area contributed by atoms with Crippen molar-refractivity contribution in [2.75, 3.05) is 27.2 Å². The van der Waals surface area contributed by atoms with Gasteiger partial charge in [0.05, 0.1) is 22.3 Å². The van der Waals surface area contributed by atoms with Crippen LogP contribution in [0.5, 0.6) is 0 Å². The number of rotatable bonds is 9. The van der Waals surface area contributed by atoms with E-state index in [1.807, 2.05) is 31.1 Å². The van der Waals surface area contributed by atoms with Crippen molar-refractivity contribution >= 4 is 15.7 Å². The molecule has 6 nitrogen and oxygen atoms in total. The van der Waals surface area contributed by atoms with Gasteiger partial charge in [-0.1, -0.05) is 42.5 Å². The molecule has 0 spiro atoms. The second-order valence-electron chi connectivity index (χ2n) is 8.11. The third-order valence-electron chi connectivity index (χ3n) is 5.19. The van der Waals surface area contributed by atoms with Gasteiger partial charge in [-0.2, -0.15) is 5.26 Å². The van der Waals surface area contributed by atoms with E-state index < -0.39 is 9.84 Å². The summed E-state index contributed by atoms with van der Waals surface area (Å²) in [6, 6.07) is 24.4. The highest BCUT2D eigenvalue weighted by Crippen LogP contribution is 2.18. The average molecular weight is 462 g/mol. The molecule has 33 heavy (non-hydrogen) atoms. The van der Waals surface area contributed by atoms with Crippen LogP contribution >= 0.6 is 0 Å². The molecule has 0 fully saturated rings. The predicted molar refractivity (Wildman–Crippen MR) is 128 cm³/mol. The highest BCUT2D eigenvalue weighted by molar-refractivity contribution is 7.90. The lowest BCUT2D eigenvalue weighted by Crippen LogP contribution is -2.36. The summed E-state index contributed by atoms with van der Waals surface area (Å²) >= 11 is 0. The summed E-state index contributed by atoms with van der Waals surface area (Å²) in [5.74, 6) is -0.342. The van der Waals surface area contributed by atoms with E-state index in [9.17, 15) is 13.2 Å². The standard InChI is InChI=1S/C26H27N3O3S/c1-28(2)15-16-29(19-22-13-11-21(18-27)12-14-22)26(30)24-8-6-7-23(17-24)20-33(31,32)25-9-4-3-5-10-25/h3-14,17H,15-16,19-20H2,1-2H3. The Morgan fingerprint density at radius 3 is 2.21 bits per heavy atom. The molecule has 0 atom stereocenters. The molecular formula is C26H27N3O3S. The van der Waals surface area contributed by atoms with Crippen LogP contribution in [-0.4, -0.2) is 51.3 Å². The maximum absolute atomic E-state index is 13.4. The first kappa shape index (κ1) is 24.2. The number of carbonyl (C=O) groups excluding carboxylic acids is 1. The van der Waals surface area contributed by atoms with Gasteiger partial charge in [-0.25, -0.2) is 8.42 Å². The van der Waals surface area contributed by atoms with Crippen LogP contribution in [0.1, 0.15) is 27.0 Å². The third-order valence-corrected chi connectivity index (χ3v) is 6.90. The normalized spacial score (nSPS) is 11.2. The Labute approximate surface area is 195 Å². The minimum Gasteiger partial charge on any atom is -0.333 e. The molecule has 0 aliphatic carbocycles. The summed E-state index contributed by atoms with van der Waals surface area (Å²) in [5.41, 5.74) is 2.50. The number of benzene rings is 3. The summed E-state index contributed by atoms with van der Waals surface area (Å²) < 4.78 is 25.5. The van der Waals surface area contributed by atoms with E-state index in [2.05, 4.69) is 6.07 Å². The molecular weight excluding hydrogens is 434 g/mol. The monoisotopic (exact) mass is 461 g/mol. The van der Waals surface area contributed by atoms with Gasteiger partial charge in [0, 0.05) is 25.2 Å². The van der Waals surface area contributed by atoms with Gasteiger partial charge in [0.2, 0.25) is 0 Å². The fourth-order valence-electron chi connectivity index (χ4n) is 3.39. The van der Waals surface area contributed by atoms with E-state index in [1.165, 1.54) is 0 Å². The Morgan fingerprint density at radius 1 is 0.879 bits per heavy atom. The van der Waals surface area contributed by atoms with Crippen molar-refractivity contribution in [1.29, 1.82) is 5.26 Å². The zero-order valence-electron chi connectivity index (χ0n) is 18.8. The van der Waals surface area contributed by atoms with Crippen LogP contribution in [0, 0.1) is 11.3 Å². The molecule has 0 heterocycles. The number of amides is 1. The number of hydrogen-bond acceptors (Lipinski definition) is 5. The third kappa shape index (κ3) is 6.75. The Morgan fingerprint density at radius 2 is 1.58 bits per heavy atom. The minimum atomic E-state index is -3.51. The largest absolute Gasteiger partial charge is 0.333 e. The van der Waals surface area contributed by atoms with Crippen LogP contribution in [0.3, 0.4) is 0 Å². The fraction of sp³-hybridized carbons (Fsp3) is 0.231. The van der Waals surface area contributed by atoms with Crippen LogP contribution < -0.4 is 0 Å². The predicted octanol–water partition coefficient (Wildman–Crippen LogP) is 3.74. The number of hydrogen-bond donors (Lipinski definition) is 0. The zero-order valence-corrected chi connectivity index (χ0v) is 19.6. The SMILES string of the molecule is CN(C)CCN(Cc1ccc(C#N)cc1)C(=O)c1cccc(CS(=O)(=O)c2ccccc2)c1. The van der Waals surface area contributed by atoms with Gasteiger partial charge >= 0.3 is 0 Å². The van der Waals surface area contributed by atoms with Gasteiger partial charge in [0.15, 0.2) is 9.84 Å². The van der Waals surface area contributed by atoms with E-state index in [1.54, 1.807) is 71.6 Å². The first-order chi connectivity index (χ1) is 15.8. The van der Waals surface area contributed by atoms with Crippen LogP contribution in [0.4, 0.5) is 0 Å². The molecule has 7 heteroatoms. The summed E-state index contributed by atoms with van der Waals surface area (Å²) in [6.45, 7) is 1.59. The van der Waals surface area contributed by atoms with Crippen molar-refractivity contribution in [2.45, 2.75) is 17.2 Å². The molecule has 170 valence electrons. The molecule has 3 aromatic rings. The highest BCUT2D eigenvalue weighted by atomic mass is 32.2. The molecule has 0 saturated heterocycles. The van der Waals surface area contributed by atoms with Crippen LogP contribution in [0.15, 0.2) is 83.8 Å². The molecule has 0 unspecified atom stereocenters. The second kappa shape index (κ2) is 10.9. The lowest BCUT2D eigenvalue weighted by atomic mass is 10.1. The Balaban J connectivity index is 1.82. The number of sulfone groups is 1. The molecule has 0 aliphatic rings. The summed E-state index contributed by atoms with van der Waals surface area (Å²) in [4.78, 5) is 17.4. The molecule has 3 rings (SSSR count). The second-order valence-corrected chi connectivity index (χ2v) is 10.1. The lowest BCUT2D eigenvalue weighted by molar-refractivity contribution is 0.0732. The van der Waals surface area contributed by atoms with Crippen LogP contribution in [-0.2, 0) is 22.1 Å². The van der Waals surface area contributed by atoms with Crippen molar-refractivity contribution < 1.29 is 13.2 Å². The summed E-state index contributed by atoms with van der Waals surface area (Å²) in [7, 11) is 0.377. The molecule has 3 aromatic carbocycles. The average Bonchev–Trinajstić information content (AvgIpc) is 2.82. The summed E-state index contributed by atoms with van der Waals surface area (Å²) in [6.07, 6.45) is 0. The smallest absolute Gasteiger partial charge is 0.254 e. The maximum atomic E-state index is 13.4. The topological polar surface area (TPSA) is 81.5 Å². The zero-order chi connectivity index (χ0) is 23.8. The molecule has 0 radical (unpaired) electrons. The van der Waals surface area contributed by atoms with Gasteiger partial charge in [0.25, 0.3) is 5.91 Å². The van der Waals surface area contributed by atoms with Gasteiger partial charge < -0.3 is 9.80 Å². The van der Waals surface area contributed by atoms with Gasteiger partial charge in [-0.05, 0) is 61.6 Å². The van der Waals surface area contributed by atoms with Gasteiger partial charge in [0.1, 0.15) is 0 Å². The van der Waals surface area contributed by atoms with Crippen LogP contribution in [0.25, 0.3) is 0 Å². The Kier molecular flexibility index (Phi) is 7.99. The van der Waals surface area contributed by atoms with Crippen molar-refractivity contribution in [3.63, 3.8) is 0 Å². The van der Waals surface area contributed by atoms with E-state index in [-0.39, 0.29) is 16.6 Å². The lowest BCUT2D eigenvalue weighted by Gasteiger charge is -2.25. The first-order valence-electron chi connectivity index (χ1n) is 10.6. The Bertz CT molecular complexity index is 1230. The van der Waals surface area contributed by atoms with Crippen LogP contribution in [0.2, 0.25) is 0 Å². The van der Waals surface area contributed by atoms with E-state index in [0.717, 1.165) is 5.56 Å². The molecule has 0 saturated carbocycles. The van der Waals surface area contributed by atoms with E-state index in [4.69, 9.17) is 5.26 Å². The van der Waals surface area contributed by atoms with Crippen molar-refractivity contribution in [3.05, 3.63) is 101 Å². The highest BCUT2D eigenvalue weighted by Gasteiger charge is 2.19. The molecule has 0 bridgehead atoms. The molecule has 0 aromatic heterocycles. The van der Waals surface area contributed by atoms with E-state index in [0.29, 0.717) is 36.3 Å². The number of likely N-dealkylation sites (N-methyl/N-ethyl adjacent to an activating group) is 1. The van der Waals surface area contributed by atoms with Crippen molar-refractivity contribution in [2.24, 2.45) is 0 Å².